The van der Waals surface area contributed by atoms with Gasteiger partial charge in [0.2, 0.25) is 11.8 Å². The Bertz CT molecular complexity index is 737. The molecule has 0 spiro atoms. The van der Waals surface area contributed by atoms with E-state index in [0.29, 0.717) is 31.7 Å². The van der Waals surface area contributed by atoms with E-state index < -0.39 is 6.04 Å². The molecule has 0 aliphatic carbocycles. The average Bonchev–Trinajstić information content (AvgIpc) is 2.76. The third-order valence-corrected chi connectivity index (χ3v) is 5.76. The number of carbonyl (C=O) groups is 2. The van der Waals surface area contributed by atoms with Crippen LogP contribution in [0.25, 0.3) is 0 Å². The molecule has 0 aromatic heterocycles. The van der Waals surface area contributed by atoms with Gasteiger partial charge in [0.05, 0.1) is 0 Å². The number of thioether (sulfide) groups is 1. The molecule has 1 atom stereocenters. The molecule has 5 heteroatoms. The second-order valence-corrected chi connectivity index (χ2v) is 8.12. The summed E-state index contributed by atoms with van der Waals surface area (Å²) in [5, 5.41) is 2.96. The van der Waals surface area contributed by atoms with Crippen LogP contribution < -0.4 is 5.32 Å². The van der Waals surface area contributed by atoms with Crippen LogP contribution in [0.4, 0.5) is 0 Å². The van der Waals surface area contributed by atoms with Gasteiger partial charge in [-0.05, 0) is 37.0 Å². The first-order chi connectivity index (χ1) is 14.2. The highest BCUT2D eigenvalue weighted by Gasteiger charge is 2.27. The SMILES string of the molecule is CCCNC(=O)[C@H](CC)N(CCc1ccccc1)C(=O)CCSc1ccccc1. The van der Waals surface area contributed by atoms with E-state index in [9.17, 15) is 9.59 Å². The van der Waals surface area contributed by atoms with Crippen molar-refractivity contribution >= 4 is 23.6 Å². The molecule has 29 heavy (non-hydrogen) atoms. The Balaban J connectivity index is 2.02. The predicted molar refractivity (Wildman–Crippen MR) is 121 cm³/mol. The van der Waals surface area contributed by atoms with Gasteiger partial charge in [-0.1, -0.05) is 62.4 Å². The minimum Gasteiger partial charge on any atom is -0.354 e. The summed E-state index contributed by atoms with van der Waals surface area (Å²) >= 11 is 1.67. The van der Waals surface area contributed by atoms with E-state index in [1.54, 1.807) is 16.7 Å². The lowest BCUT2D eigenvalue weighted by Crippen LogP contribution is -2.50. The summed E-state index contributed by atoms with van der Waals surface area (Å²) < 4.78 is 0. The van der Waals surface area contributed by atoms with Gasteiger partial charge in [-0.25, -0.2) is 0 Å². The Hall–Kier alpha value is -2.27. The maximum atomic E-state index is 13.1. The smallest absolute Gasteiger partial charge is 0.242 e. The van der Waals surface area contributed by atoms with Crippen LogP contribution in [-0.4, -0.2) is 41.6 Å². The van der Waals surface area contributed by atoms with Gasteiger partial charge in [-0.3, -0.25) is 9.59 Å². The number of rotatable bonds is 12. The Morgan fingerprint density at radius 2 is 1.66 bits per heavy atom. The van der Waals surface area contributed by atoms with Crippen LogP contribution in [0.2, 0.25) is 0 Å². The molecule has 2 amide bonds. The van der Waals surface area contributed by atoms with E-state index in [4.69, 9.17) is 0 Å². The second kappa shape index (κ2) is 13.0. The first kappa shape index (κ1) is 23.0. The first-order valence-electron chi connectivity index (χ1n) is 10.4. The number of hydrogen-bond donors (Lipinski definition) is 1. The fraction of sp³-hybridized carbons (Fsp3) is 0.417. The lowest BCUT2D eigenvalue weighted by Gasteiger charge is -2.30. The zero-order valence-electron chi connectivity index (χ0n) is 17.5. The maximum absolute atomic E-state index is 13.1. The zero-order chi connectivity index (χ0) is 20.9. The lowest BCUT2D eigenvalue weighted by molar-refractivity contribution is -0.140. The van der Waals surface area contributed by atoms with Crippen molar-refractivity contribution in [2.45, 2.75) is 50.5 Å². The molecule has 1 N–H and O–H groups in total. The van der Waals surface area contributed by atoms with E-state index in [1.807, 2.05) is 50.2 Å². The van der Waals surface area contributed by atoms with Gasteiger partial charge in [-0.15, -0.1) is 11.8 Å². The van der Waals surface area contributed by atoms with Crippen molar-refractivity contribution in [2.75, 3.05) is 18.8 Å². The number of benzene rings is 2. The molecule has 4 nitrogen and oxygen atoms in total. The summed E-state index contributed by atoms with van der Waals surface area (Å²) in [5.74, 6) is 0.701. The molecule has 0 bridgehead atoms. The van der Waals surface area contributed by atoms with Crippen molar-refractivity contribution < 1.29 is 9.59 Å². The van der Waals surface area contributed by atoms with Crippen molar-refractivity contribution in [3.05, 3.63) is 66.2 Å². The van der Waals surface area contributed by atoms with Gasteiger partial charge in [-0.2, -0.15) is 0 Å². The minimum absolute atomic E-state index is 0.0443. The molecule has 2 aromatic rings. The second-order valence-electron chi connectivity index (χ2n) is 6.95. The Labute approximate surface area is 179 Å². The minimum atomic E-state index is -0.417. The molecule has 0 fully saturated rings. The predicted octanol–water partition coefficient (Wildman–Crippen LogP) is 4.54. The molecule has 0 aliphatic rings. The highest BCUT2D eigenvalue weighted by Crippen LogP contribution is 2.19. The summed E-state index contributed by atoms with van der Waals surface area (Å²) in [7, 11) is 0. The van der Waals surface area contributed by atoms with Gasteiger partial charge < -0.3 is 10.2 Å². The molecule has 0 heterocycles. The summed E-state index contributed by atoms with van der Waals surface area (Å²) in [6, 6.07) is 19.8. The van der Waals surface area contributed by atoms with Crippen molar-refractivity contribution in [2.24, 2.45) is 0 Å². The van der Waals surface area contributed by atoms with Crippen LogP contribution in [0.1, 0.15) is 38.7 Å². The Morgan fingerprint density at radius 3 is 2.28 bits per heavy atom. The monoisotopic (exact) mass is 412 g/mol. The fourth-order valence-electron chi connectivity index (χ4n) is 3.18. The third-order valence-electron chi connectivity index (χ3n) is 4.75. The van der Waals surface area contributed by atoms with Gasteiger partial charge >= 0.3 is 0 Å². The van der Waals surface area contributed by atoms with Crippen LogP contribution in [0.3, 0.4) is 0 Å². The number of carbonyl (C=O) groups excluding carboxylic acids is 2. The van der Waals surface area contributed by atoms with E-state index in [0.717, 1.165) is 17.7 Å². The molecule has 0 saturated carbocycles. The normalized spacial score (nSPS) is 11.7. The summed E-state index contributed by atoms with van der Waals surface area (Å²) in [6.45, 7) is 5.19. The summed E-state index contributed by atoms with van der Waals surface area (Å²) in [6.07, 6.45) is 2.66. The molecule has 0 saturated heterocycles. The van der Waals surface area contributed by atoms with E-state index in [2.05, 4.69) is 29.6 Å². The number of nitrogens with one attached hydrogen (secondary N) is 1. The molecule has 2 rings (SSSR count). The van der Waals surface area contributed by atoms with Crippen molar-refractivity contribution in [3.63, 3.8) is 0 Å². The van der Waals surface area contributed by atoms with Gasteiger partial charge in [0.25, 0.3) is 0 Å². The maximum Gasteiger partial charge on any atom is 0.242 e. The summed E-state index contributed by atoms with van der Waals surface area (Å²) in [5.41, 5.74) is 1.17. The number of nitrogens with zero attached hydrogens (tertiary/aromatic N) is 1. The van der Waals surface area contributed by atoms with Crippen LogP contribution in [0, 0.1) is 0 Å². The molecule has 2 aromatic carbocycles. The fourth-order valence-corrected chi connectivity index (χ4v) is 4.04. The zero-order valence-corrected chi connectivity index (χ0v) is 18.3. The van der Waals surface area contributed by atoms with Gasteiger partial charge in [0, 0.05) is 30.2 Å². The van der Waals surface area contributed by atoms with Crippen molar-refractivity contribution in [1.29, 1.82) is 0 Å². The van der Waals surface area contributed by atoms with Crippen LogP contribution in [0.15, 0.2) is 65.6 Å². The van der Waals surface area contributed by atoms with Crippen LogP contribution >= 0.6 is 11.8 Å². The van der Waals surface area contributed by atoms with Crippen molar-refractivity contribution in [1.82, 2.24) is 10.2 Å². The molecular weight excluding hydrogens is 380 g/mol. The lowest BCUT2D eigenvalue weighted by atomic mass is 10.1. The number of hydrogen-bond acceptors (Lipinski definition) is 3. The highest BCUT2D eigenvalue weighted by atomic mass is 32.2. The number of amides is 2. The molecule has 156 valence electrons. The molecule has 0 unspecified atom stereocenters. The first-order valence-corrected chi connectivity index (χ1v) is 11.4. The van der Waals surface area contributed by atoms with Crippen LogP contribution in [0.5, 0.6) is 0 Å². The average molecular weight is 413 g/mol. The molecule has 0 radical (unpaired) electrons. The topological polar surface area (TPSA) is 49.4 Å². The standard InChI is InChI=1S/C24H32N2O2S/c1-3-17-25-24(28)22(4-2)26(18-15-20-11-7-5-8-12-20)23(27)16-19-29-21-13-9-6-10-14-21/h5-14,22H,3-4,15-19H2,1-2H3,(H,25,28)/t22-/m0/s1. The molecule has 0 aliphatic heterocycles. The molecular formula is C24H32N2O2S. The third kappa shape index (κ3) is 7.94. The quantitative estimate of drug-likeness (QED) is 0.521. The Morgan fingerprint density at radius 1 is 1.00 bits per heavy atom. The van der Waals surface area contributed by atoms with E-state index in [-0.39, 0.29) is 11.8 Å². The highest BCUT2D eigenvalue weighted by molar-refractivity contribution is 7.99. The van der Waals surface area contributed by atoms with Crippen LogP contribution in [-0.2, 0) is 16.0 Å². The largest absolute Gasteiger partial charge is 0.354 e. The summed E-state index contributed by atoms with van der Waals surface area (Å²) in [4.78, 5) is 28.7. The van der Waals surface area contributed by atoms with E-state index in [1.165, 1.54) is 5.56 Å². The van der Waals surface area contributed by atoms with Gasteiger partial charge in [0.15, 0.2) is 0 Å². The van der Waals surface area contributed by atoms with Crippen molar-refractivity contribution in [3.8, 4) is 0 Å². The van der Waals surface area contributed by atoms with E-state index >= 15 is 0 Å². The van der Waals surface area contributed by atoms with Gasteiger partial charge in [0.1, 0.15) is 6.04 Å². The Kier molecular flexibility index (Phi) is 10.4.